The van der Waals surface area contributed by atoms with Crippen molar-refractivity contribution in [2.45, 2.75) is 79.7 Å². The molecule has 0 fully saturated rings. The van der Waals surface area contributed by atoms with Crippen LogP contribution in [0.2, 0.25) is 0 Å². The molecule has 0 saturated carbocycles. The summed E-state index contributed by atoms with van der Waals surface area (Å²) in [5.41, 5.74) is 1.03. The second-order valence-electron chi connectivity index (χ2n) is 6.19. The number of nitrogens with zero attached hydrogens (tertiary/aromatic N) is 1. The van der Waals surface area contributed by atoms with Crippen molar-refractivity contribution >= 4 is 23.7 Å². The van der Waals surface area contributed by atoms with Gasteiger partial charge in [-0.15, -0.1) is 0 Å². The van der Waals surface area contributed by atoms with E-state index in [2.05, 4.69) is 24.1 Å². The molecule has 0 aromatic heterocycles. The zero-order chi connectivity index (χ0) is 24.2. The lowest BCUT2D eigenvalue weighted by atomic mass is 10.1. The third-order valence-electron chi connectivity index (χ3n) is 3.92. The molecule has 8 heteroatoms. The average Bonchev–Trinajstić information content (AvgIpc) is 2.77. The molecule has 31 heavy (non-hydrogen) atoms. The molecule has 0 spiro atoms. The summed E-state index contributed by atoms with van der Waals surface area (Å²) in [4.78, 5) is 35.8. The summed E-state index contributed by atoms with van der Waals surface area (Å²) in [6.45, 7) is 14.1. The van der Waals surface area contributed by atoms with Crippen molar-refractivity contribution in [3.63, 3.8) is 0 Å². The van der Waals surface area contributed by atoms with Gasteiger partial charge in [-0.3, -0.25) is 4.79 Å². The summed E-state index contributed by atoms with van der Waals surface area (Å²) in [7, 11) is 0. The van der Waals surface area contributed by atoms with E-state index in [4.69, 9.17) is 14.9 Å². The molecule has 3 N–H and O–H groups in total. The number of carboxylic acid groups (broad SMARTS) is 2. The van der Waals surface area contributed by atoms with E-state index in [0.717, 1.165) is 38.0 Å². The minimum Gasteiger partial charge on any atom is -0.481 e. The van der Waals surface area contributed by atoms with Gasteiger partial charge in [0.15, 0.2) is 0 Å². The van der Waals surface area contributed by atoms with Crippen LogP contribution in [-0.2, 0) is 9.59 Å². The number of ether oxygens (including phenoxy) is 1. The van der Waals surface area contributed by atoms with Gasteiger partial charge in [0.2, 0.25) is 0 Å². The van der Waals surface area contributed by atoms with Crippen LogP contribution in [0.15, 0.2) is 24.3 Å². The zero-order valence-corrected chi connectivity index (χ0v) is 19.8. The summed E-state index contributed by atoms with van der Waals surface area (Å²) in [6.07, 6.45) is 1.70. The lowest BCUT2D eigenvalue weighted by molar-refractivity contribution is -0.140. The van der Waals surface area contributed by atoms with Crippen LogP contribution < -0.4 is 15.0 Å². The minimum absolute atomic E-state index is 0.220. The second-order valence-corrected chi connectivity index (χ2v) is 6.19. The fourth-order valence-corrected chi connectivity index (χ4v) is 2.52. The smallest absolute Gasteiger partial charge is 0.413 e. The molecule has 0 saturated heterocycles. The number of carboxylic acids is 2. The Hall–Kier alpha value is -2.77. The number of amides is 1. The number of carbonyl (C=O) groups is 3. The van der Waals surface area contributed by atoms with E-state index in [1.807, 2.05) is 39.8 Å². The monoisotopic (exact) mass is 440 g/mol. The molecule has 0 radical (unpaired) electrons. The molecule has 1 aromatic rings. The van der Waals surface area contributed by atoms with Gasteiger partial charge in [-0.2, -0.15) is 0 Å². The molecule has 1 unspecified atom stereocenters. The fourth-order valence-electron chi connectivity index (χ4n) is 2.52. The van der Waals surface area contributed by atoms with E-state index in [1.165, 1.54) is 0 Å². The molecule has 0 bridgehead atoms. The van der Waals surface area contributed by atoms with Gasteiger partial charge in [-0.25, -0.2) is 9.59 Å². The van der Waals surface area contributed by atoms with E-state index in [9.17, 15) is 14.4 Å². The third-order valence-corrected chi connectivity index (χ3v) is 3.92. The predicted octanol–water partition coefficient (Wildman–Crippen LogP) is 5.16. The first kappa shape index (κ1) is 30.4. The van der Waals surface area contributed by atoms with Crippen molar-refractivity contribution in [2.24, 2.45) is 0 Å². The first-order valence-electron chi connectivity index (χ1n) is 11.1. The van der Waals surface area contributed by atoms with Crippen LogP contribution in [-0.4, -0.2) is 47.4 Å². The highest BCUT2D eigenvalue weighted by atomic mass is 16.6. The molecule has 8 nitrogen and oxygen atoms in total. The number of unbranched alkanes of at least 4 members (excludes halogenated alkanes) is 1. The fraction of sp³-hybridized carbons (Fsp3) is 0.609. The number of hydrogen-bond acceptors (Lipinski definition) is 5. The van der Waals surface area contributed by atoms with E-state index in [1.54, 1.807) is 12.1 Å². The van der Waals surface area contributed by atoms with Crippen LogP contribution >= 0.6 is 0 Å². The first-order valence-corrected chi connectivity index (χ1v) is 11.1. The van der Waals surface area contributed by atoms with Crippen LogP contribution in [0.25, 0.3) is 0 Å². The van der Waals surface area contributed by atoms with Crippen molar-refractivity contribution < 1.29 is 29.3 Å². The van der Waals surface area contributed by atoms with E-state index in [-0.39, 0.29) is 18.6 Å². The van der Waals surface area contributed by atoms with E-state index in [0.29, 0.717) is 0 Å². The number of benzene rings is 1. The average molecular weight is 441 g/mol. The topological polar surface area (TPSA) is 116 Å². The van der Waals surface area contributed by atoms with Crippen LogP contribution in [0.3, 0.4) is 0 Å². The predicted molar refractivity (Wildman–Crippen MR) is 124 cm³/mol. The Balaban J connectivity index is 0. The molecule has 0 aliphatic heterocycles. The Morgan fingerprint density at radius 1 is 0.968 bits per heavy atom. The third kappa shape index (κ3) is 14.0. The summed E-state index contributed by atoms with van der Waals surface area (Å²) >= 11 is 0. The van der Waals surface area contributed by atoms with Crippen LogP contribution in [0, 0.1) is 0 Å². The number of hydrogen-bond donors (Lipinski definition) is 3. The minimum atomic E-state index is -1.32. The maximum absolute atomic E-state index is 11.9. The maximum atomic E-state index is 11.9. The lowest BCUT2D eigenvalue weighted by Crippen LogP contribution is -2.42. The van der Waals surface area contributed by atoms with Crippen molar-refractivity contribution in [3.05, 3.63) is 24.3 Å². The van der Waals surface area contributed by atoms with Crippen molar-refractivity contribution in [3.8, 4) is 5.75 Å². The molecule has 1 amide bonds. The highest BCUT2D eigenvalue weighted by Crippen LogP contribution is 2.20. The largest absolute Gasteiger partial charge is 0.481 e. The van der Waals surface area contributed by atoms with Gasteiger partial charge in [0.1, 0.15) is 11.8 Å². The molecule has 0 aliphatic carbocycles. The number of carbonyl (C=O) groups excluding carboxylic acids is 1. The van der Waals surface area contributed by atoms with Crippen molar-refractivity contribution in [1.29, 1.82) is 0 Å². The Labute approximate surface area is 186 Å². The van der Waals surface area contributed by atoms with Crippen LogP contribution in [0.4, 0.5) is 10.5 Å². The molecular weight excluding hydrogens is 400 g/mol. The zero-order valence-electron chi connectivity index (χ0n) is 19.8. The quantitative estimate of drug-likeness (QED) is 0.411. The number of rotatable bonds is 12. The molecule has 0 aliphatic rings. The van der Waals surface area contributed by atoms with Crippen LogP contribution in [0.1, 0.15) is 73.6 Å². The summed E-state index contributed by atoms with van der Waals surface area (Å²) < 4.78 is 5.10. The molecule has 1 atom stereocenters. The van der Waals surface area contributed by atoms with E-state index < -0.39 is 24.1 Å². The Kier molecular flexibility index (Phi) is 18.9. The molecule has 178 valence electrons. The summed E-state index contributed by atoms with van der Waals surface area (Å²) in [5.74, 6) is -2.16. The Morgan fingerprint density at radius 3 is 2.00 bits per heavy atom. The normalized spacial score (nSPS) is 10.4. The molecule has 1 aromatic carbocycles. The van der Waals surface area contributed by atoms with Gasteiger partial charge in [0, 0.05) is 25.2 Å². The highest BCUT2D eigenvalue weighted by molar-refractivity contribution is 5.81. The van der Waals surface area contributed by atoms with Gasteiger partial charge < -0.3 is 25.2 Å². The molecular formula is C23H40N2O6. The summed E-state index contributed by atoms with van der Waals surface area (Å²) in [6, 6.07) is 5.69. The SMILES string of the molecule is CC.CC.CCCCN(CCC)c1ccc(OC(=O)NC(CCC(=O)O)C(=O)O)cc1. The number of aliphatic carboxylic acids is 2. The maximum Gasteiger partial charge on any atom is 0.413 e. The second kappa shape index (κ2) is 19.2. The summed E-state index contributed by atoms with van der Waals surface area (Å²) in [5, 5.41) is 19.9. The van der Waals surface area contributed by atoms with Crippen LogP contribution in [0.5, 0.6) is 5.75 Å². The Bertz CT molecular complexity index is 619. The number of nitrogens with one attached hydrogen (secondary N) is 1. The highest BCUT2D eigenvalue weighted by Gasteiger charge is 2.22. The van der Waals surface area contributed by atoms with Crippen molar-refractivity contribution in [1.82, 2.24) is 5.32 Å². The Morgan fingerprint density at radius 2 is 1.55 bits per heavy atom. The van der Waals surface area contributed by atoms with Gasteiger partial charge in [-0.1, -0.05) is 48.0 Å². The standard InChI is InChI=1S/C19H28N2O6.2C2H6/c1-3-5-13-21(12-4-2)14-6-8-15(9-7-14)27-19(26)20-16(18(24)25)10-11-17(22)23;2*1-2/h6-9,16H,3-5,10-13H2,1-2H3,(H,20,26)(H,22,23)(H,24,25);2*1-2H3. The molecule has 0 heterocycles. The first-order chi connectivity index (χ1) is 14.9. The van der Waals surface area contributed by atoms with Crippen molar-refractivity contribution in [2.75, 3.05) is 18.0 Å². The molecule has 1 rings (SSSR count). The van der Waals surface area contributed by atoms with Gasteiger partial charge in [0.05, 0.1) is 0 Å². The number of anilines is 1. The lowest BCUT2D eigenvalue weighted by Gasteiger charge is -2.24. The van der Waals surface area contributed by atoms with Gasteiger partial charge in [-0.05, 0) is 43.5 Å². The van der Waals surface area contributed by atoms with Gasteiger partial charge >= 0.3 is 18.0 Å². The van der Waals surface area contributed by atoms with Gasteiger partial charge in [0.25, 0.3) is 0 Å². The van der Waals surface area contributed by atoms with E-state index >= 15 is 0 Å².